The Morgan fingerprint density at radius 1 is 1.24 bits per heavy atom. The zero-order chi connectivity index (χ0) is 12.7. The van der Waals surface area contributed by atoms with Gasteiger partial charge in [-0.1, -0.05) is 30.3 Å². The van der Waals surface area contributed by atoms with Crippen molar-refractivity contribution in [3.8, 4) is 0 Å². The molecule has 0 aliphatic rings. The number of benzene rings is 1. The fraction of sp³-hybridized carbons (Fsp3) is 0.385. The summed E-state index contributed by atoms with van der Waals surface area (Å²) in [5, 5.41) is 5.51. The van der Waals surface area contributed by atoms with Gasteiger partial charge in [0.25, 0.3) is 0 Å². The molecule has 4 heteroatoms. The molecule has 0 radical (unpaired) electrons. The third kappa shape index (κ3) is 4.68. The highest BCUT2D eigenvalue weighted by Gasteiger charge is 2.16. The van der Waals surface area contributed by atoms with Gasteiger partial charge in [0.05, 0.1) is 12.5 Å². The van der Waals surface area contributed by atoms with Gasteiger partial charge in [-0.25, -0.2) is 0 Å². The summed E-state index contributed by atoms with van der Waals surface area (Å²) < 4.78 is 0. The van der Waals surface area contributed by atoms with Crippen molar-refractivity contribution in [2.45, 2.75) is 26.3 Å². The van der Waals surface area contributed by atoms with E-state index in [1.54, 1.807) is 0 Å². The van der Waals surface area contributed by atoms with E-state index in [1.165, 1.54) is 6.92 Å². The minimum Gasteiger partial charge on any atom is -0.356 e. The highest BCUT2D eigenvalue weighted by molar-refractivity contribution is 5.79. The van der Waals surface area contributed by atoms with Gasteiger partial charge in [0, 0.05) is 13.5 Å². The molecule has 2 amide bonds. The van der Waals surface area contributed by atoms with Gasteiger partial charge >= 0.3 is 0 Å². The molecule has 0 aromatic heterocycles. The summed E-state index contributed by atoms with van der Waals surface area (Å²) in [6.07, 6.45) is 0.261. The standard InChI is InChI=1S/C13H18N2O2/c1-3-14-13(17)9-12(15-10(2)16)11-7-5-4-6-8-11/h4-8,12H,3,9H2,1-2H3,(H,14,17)(H,15,16). The molecule has 1 rings (SSSR count). The second kappa shape index (κ2) is 6.68. The van der Waals surface area contributed by atoms with Gasteiger partial charge < -0.3 is 10.6 Å². The molecule has 1 aromatic rings. The van der Waals surface area contributed by atoms with Gasteiger partial charge in [-0.05, 0) is 12.5 Å². The van der Waals surface area contributed by atoms with Gasteiger partial charge in [-0.15, -0.1) is 0 Å². The second-order valence-corrected chi connectivity index (χ2v) is 3.82. The van der Waals surface area contributed by atoms with E-state index in [9.17, 15) is 9.59 Å². The number of hydrogen-bond donors (Lipinski definition) is 2. The van der Waals surface area contributed by atoms with E-state index in [0.717, 1.165) is 5.56 Å². The van der Waals surface area contributed by atoms with Gasteiger partial charge in [-0.3, -0.25) is 9.59 Å². The van der Waals surface area contributed by atoms with Crippen molar-refractivity contribution >= 4 is 11.8 Å². The first-order valence-corrected chi connectivity index (χ1v) is 5.72. The van der Waals surface area contributed by atoms with Crippen molar-refractivity contribution in [2.24, 2.45) is 0 Å². The molecule has 0 aliphatic carbocycles. The molecule has 2 N–H and O–H groups in total. The molecule has 1 aromatic carbocycles. The van der Waals surface area contributed by atoms with E-state index < -0.39 is 0 Å². The SMILES string of the molecule is CCNC(=O)CC(NC(C)=O)c1ccccc1. The number of carbonyl (C=O) groups excluding carboxylic acids is 2. The van der Waals surface area contributed by atoms with Gasteiger partial charge in [0.15, 0.2) is 0 Å². The molecule has 1 atom stereocenters. The van der Waals surface area contributed by atoms with Crippen LogP contribution in [0, 0.1) is 0 Å². The largest absolute Gasteiger partial charge is 0.356 e. The van der Waals surface area contributed by atoms with Crippen LogP contribution >= 0.6 is 0 Å². The number of hydrogen-bond acceptors (Lipinski definition) is 2. The third-order valence-electron chi connectivity index (χ3n) is 2.34. The minimum atomic E-state index is -0.264. The molecule has 0 saturated heterocycles. The molecular formula is C13H18N2O2. The summed E-state index contributed by atoms with van der Waals surface area (Å²) in [6.45, 7) is 3.92. The van der Waals surface area contributed by atoms with Crippen LogP contribution in [0.4, 0.5) is 0 Å². The predicted octanol–water partition coefficient (Wildman–Crippen LogP) is 1.39. The maximum Gasteiger partial charge on any atom is 0.222 e. The average Bonchev–Trinajstić information content (AvgIpc) is 2.29. The number of amides is 2. The van der Waals surface area contributed by atoms with Crippen LogP contribution in [0.2, 0.25) is 0 Å². The second-order valence-electron chi connectivity index (χ2n) is 3.82. The topological polar surface area (TPSA) is 58.2 Å². The fourth-order valence-corrected chi connectivity index (χ4v) is 1.64. The molecule has 0 fully saturated rings. The lowest BCUT2D eigenvalue weighted by Gasteiger charge is -2.17. The summed E-state index contributed by atoms with van der Waals surface area (Å²) in [6, 6.07) is 9.23. The molecule has 17 heavy (non-hydrogen) atoms. The Kier molecular flexibility index (Phi) is 5.20. The Balaban J connectivity index is 2.74. The van der Waals surface area contributed by atoms with E-state index in [1.807, 2.05) is 37.3 Å². The number of nitrogens with one attached hydrogen (secondary N) is 2. The summed E-state index contributed by atoms with van der Waals surface area (Å²) in [7, 11) is 0. The van der Waals surface area contributed by atoms with E-state index in [0.29, 0.717) is 6.54 Å². The lowest BCUT2D eigenvalue weighted by molar-refractivity contribution is -0.122. The molecule has 0 aliphatic heterocycles. The summed E-state index contributed by atoms with van der Waals surface area (Å²) in [5.74, 6) is -0.196. The molecule has 0 saturated carbocycles. The van der Waals surface area contributed by atoms with Crippen LogP contribution < -0.4 is 10.6 Å². The average molecular weight is 234 g/mol. The zero-order valence-corrected chi connectivity index (χ0v) is 10.2. The molecule has 4 nitrogen and oxygen atoms in total. The Morgan fingerprint density at radius 3 is 2.41 bits per heavy atom. The lowest BCUT2D eigenvalue weighted by atomic mass is 10.0. The van der Waals surface area contributed by atoms with Crippen molar-refractivity contribution in [1.29, 1.82) is 0 Å². The monoisotopic (exact) mass is 234 g/mol. The predicted molar refractivity (Wildman–Crippen MR) is 66.3 cm³/mol. The van der Waals surface area contributed by atoms with Crippen LogP contribution in [0.25, 0.3) is 0 Å². The summed E-state index contributed by atoms with van der Waals surface area (Å²) >= 11 is 0. The van der Waals surface area contributed by atoms with E-state index in [-0.39, 0.29) is 24.3 Å². The van der Waals surface area contributed by atoms with Crippen LogP contribution in [0.3, 0.4) is 0 Å². The van der Waals surface area contributed by atoms with Gasteiger partial charge in [0.2, 0.25) is 11.8 Å². The first-order chi connectivity index (χ1) is 8.13. The third-order valence-corrected chi connectivity index (χ3v) is 2.34. The van der Waals surface area contributed by atoms with Crippen LogP contribution in [0.1, 0.15) is 31.9 Å². The van der Waals surface area contributed by atoms with E-state index in [4.69, 9.17) is 0 Å². The van der Waals surface area contributed by atoms with E-state index >= 15 is 0 Å². The Morgan fingerprint density at radius 2 is 1.88 bits per heavy atom. The Bertz CT molecular complexity index is 376. The van der Waals surface area contributed by atoms with Crippen LogP contribution in [-0.4, -0.2) is 18.4 Å². The number of carbonyl (C=O) groups is 2. The highest BCUT2D eigenvalue weighted by Crippen LogP contribution is 2.16. The maximum atomic E-state index is 11.5. The normalized spacial score (nSPS) is 11.6. The first kappa shape index (κ1) is 13.2. The lowest BCUT2D eigenvalue weighted by Crippen LogP contribution is -2.32. The molecule has 1 unspecified atom stereocenters. The van der Waals surface area contributed by atoms with Crippen molar-refractivity contribution in [3.63, 3.8) is 0 Å². The molecule has 0 spiro atoms. The van der Waals surface area contributed by atoms with Crippen molar-refractivity contribution in [1.82, 2.24) is 10.6 Å². The molecule has 0 heterocycles. The smallest absolute Gasteiger partial charge is 0.222 e. The zero-order valence-electron chi connectivity index (χ0n) is 10.2. The quantitative estimate of drug-likeness (QED) is 0.809. The van der Waals surface area contributed by atoms with Crippen LogP contribution in [0.15, 0.2) is 30.3 Å². The fourth-order valence-electron chi connectivity index (χ4n) is 1.64. The Hall–Kier alpha value is -1.84. The molecular weight excluding hydrogens is 216 g/mol. The first-order valence-electron chi connectivity index (χ1n) is 5.72. The van der Waals surface area contributed by atoms with Crippen molar-refractivity contribution in [3.05, 3.63) is 35.9 Å². The van der Waals surface area contributed by atoms with Gasteiger partial charge in [-0.2, -0.15) is 0 Å². The van der Waals surface area contributed by atoms with Crippen molar-refractivity contribution in [2.75, 3.05) is 6.54 Å². The van der Waals surface area contributed by atoms with Crippen LogP contribution in [0.5, 0.6) is 0 Å². The highest BCUT2D eigenvalue weighted by atomic mass is 16.2. The van der Waals surface area contributed by atoms with Crippen LogP contribution in [-0.2, 0) is 9.59 Å². The van der Waals surface area contributed by atoms with E-state index in [2.05, 4.69) is 10.6 Å². The van der Waals surface area contributed by atoms with Gasteiger partial charge in [0.1, 0.15) is 0 Å². The molecule has 92 valence electrons. The summed E-state index contributed by atoms with van der Waals surface area (Å²) in [5.41, 5.74) is 0.939. The summed E-state index contributed by atoms with van der Waals surface area (Å²) in [4.78, 5) is 22.7. The molecule has 0 bridgehead atoms. The Labute approximate surface area is 101 Å². The maximum absolute atomic E-state index is 11.5. The van der Waals surface area contributed by atoms with Crippen molar-refractivity contribution < 1.29 is 9.59 Å². The number of rotatable bonds is 5. The minimum absolute atomic E-state index is 0.0601.